The molecule has 0 aliphatic heterocycles. The van der Waals surface area contributed by atoms with Gasteiger partial charge in [-0.3, -0.25) is 4.79 Å². The van der Waals surface area contributed by atoms with Crippen LogP contribution in [0.15, 0.2) is 47.0 Å². The number of carbonyl (C=O) groups excluding carboxylic acids is 1. The zero-order chi connectivity index (χ0) is 20.3. The molecule has 28 heavy (non-hydrogen) atoms. The molecule has 6 nitrogen and oxygen atoms in total. The van der Waals surface area contributed by atoms with Gasteiger partial charge >= 0.3 is 12.1 Å². The van der Waals surface area contributed by atoms with Crippen molar-refractivity contribution in [3.8, 4) is 5.75 Å². The number of nitrogens with one attached hydrogen (secondary N) is 1. The number of rotatable bonds is 5. The average Bonchev–Trinajstić information content (AvgIpc) is 3.13. The van der Waals surface area contributed by atoms with Crippen LogP contribution < -0.4 is 10.1 Å². The van der Waals surface area contributed by atoms with Gasteiger partial charge in [0, 0.05) is 18.1 Å². The largest absolute Gasteiger partial charge is 0.497 e. The Morgan fingerprint density at radius 3 is 2.54 bits per heavy atom. The molecule has 0 bridgehead atoms. The van der Waals surface area contributed by atoms with Crippen molar-refractivity contribution in [2.24, 2.45) is 0 Å². The zero-order valence-corrected chi connectivity index (χ0v) is 15.1. The SMILES string of the molecule is COc1ccc(Cl)c(NC(=O)c2ccc(Cc3noc(C(F)(F)F)n3)cc2)c1. The Bertz CT molecular complexity index is 988. The van der Waals surface area contributed by atoms with Crippen molar-refractivity contribution in [1.29, 1.82) is 0 Å². The average molecular weight is 412 g/mol. The number of benzene rings is 2. The lowest BCUT2D eigenvalue weighted by Gasteiger charge is -2.09. The van der Waals surface area contributed by atoms with E-state index in [1.54, 1.807) is 30.3 Å². The van der Waals surface area contributed by atoms with Crippen LogP contribution in [0.2, 0.25) is 5.02 Å². The van der Waals surface area contributed by atoms with Gasteiger partial charge in [-0.1, -0.05) is 28.9 Å². The quantitative estimate of drug-likeness (QED) is 0.664. The molecule has 3 aromatic rings. The molecule has 1 N–H and O–H groups in total. The second-order valence-corrected chi connectivity index (χ2v) is 6.09. The number of methoxy groups -OCH3 is 1. The highest BCUT2D eigenvalue weighted by atomic mass is 35.5. The molecule has 2 aromatic carbocycles. The van der Waals surface area contributed by atoms with Crippen LogP contribution in [-0.4, -0.2) is 23.2 Å². The molecular weight excluding hydrogens is 399 g/mol. The van der Waals surface area contributed by atoms with Crippen LogP contribution in [0.4, 0.5) is 18.9 Å². The molecule has 10 heteroatoms. The van der Waals surface area contributed by atoms with Gasteiger partial charge in [-0.2, -0.15) is 18.2 Å². The standard InChI is InChI=1S/C18H13ClF3N3O3/c1-27-12-6-7-13(19)14(9-12)23-16(26)11-4-2-10(3-5-11)8-15-24-17(28-25-15)18(20,21)22/h2-7,9H,8H2,1H3,(H,23,26). The van der Waals surface area contributed by atoms with E-state index in [0.29, 0.717) is 27.6 Å². The van der Waals surface area contributed by atoms with E-state index < -0.39 is 18.0 Å². The lowest BCUT2D eigenvalue weighted by atomic mass is 10.1. The Hall–Kier alpha value is -3.07. The van der Waals surface area contributed by atoms with Gasteiger partial charge in [0.1, 0.15) is 5.75 Å². The predicted octanol–water partition coefficient (Wildman–Crippen LogP) is 4.59. The van der Waals surface area contributed by atoms with Crippen molar-refractivity contribution in [3.05, 3.63) is 70.3 Å². The molecule has 0 unspecified atom stereocenters. The van der Waals surface area contributed by atoms with Gasteiger partial charge in [0.15, 0.2) is 5.82 Å². The summed E-state index contributed by atoms with van der Waals surface area (Å²) in [4.78, 5) is 15.7. The Morgan fingerprint density at radius 1 is 1.21 bits per heavy atom. The van der Waals surface area contributed by atoms with E-state index >= 15 is 0 Å². The van der Waals surface area contributed by atoms with Gasteiger partial charge in [0.25, 0.3) is 5.91 Å². The topological polar surface area (TPSA) is 77.2 Å². The number of aromatic nitrogens is 2. The van der Waals surface area contributed by atoms with E-state index in [2.05, 4.69) is 20.0 Å². The van der Waals surface area contributed by atoms with Gasteiger partial charge in [-0.05, 0) is 29.8 Å². The Balaban J connectivity index is 1.68. The molecule has 0 aliphatic carbocycles. The second-order valence-electron chi connectivity index (χ2n) is 5.69. The first-order valence-corrected chi connectivity index (χ1v) is 8.27. The minimum absolute atomic E-state index is 0.0309. The summed E-state index contributed by atoms with van der Waals surface area (Å²) in [6.07, 6.45) is -4.65. The van der Waals surface area contributed by atoms with Crippen LogP contribution in [0.1, 0.15) is 27.6 Å². The summed E-state index contributed by atoms with van der Waals surface area (Å²) in [5.74, 6) is -1.37. The van der Waals surface area contributed by atoms with Gasteiger partial charge in [0.2, 0.25) is 0 Å². The molecule has 0 saturated carbocycles. The van der Waals surface area contributed by atoms with Crippen LogP contribution in [0.5, 0.6) is 5.75 Å². The normalized spacial score (nSPS) is 11.3. The van der Waals surface area contributed by atoms with Crippen LogP contribution in [0.3, 0.4) is 0 Å². The van der Waals surface area contributed by atoms with E-state index in [4.69, 9.17) is 16.3 Å². The molecule has 0 spiro atoms. The molecule has 0 atom stereocenters. The first-order valence-electron chi connectivity index (χ1n) is 7.90. The third kappa shape index (κ3) is 4.61. The maximum Gasteiger partial charge on any atom is 0.471 e. The summed E-state index contributed by atoms with van der Waals surface area (Å²) >= 11 is 6.06. The third-order valence-electron chi connectivity index (χ3n) is 3.71. The van der Waals surface area contributed by atoms with Crippen LogP contribution in [-0.2, 0) is 12.6 Å². The highest BCUT2D eigenvalue weighted by Crippen LogP contribution is 2.28. The molecule has 3 rings (SSSR count). The minimum Gasteiger partial charge on any atom is -0.497 e. The number of carbonyl (C=O) groups is 1. The Labute approximate surface area is 162 Å². The van der Waals surface area contributed by atoms with Crippen molar-refractivity contribution in [2.45, 2.75) is 12.6 Å². The van der Waals surface area contributed by atoms with Crippen molar-refractivity contribution in [3.63, 3.8) is 0 Å². The predicted molar refractivity (Wildman–Crippen MR) is 94.5 cm³/mol. The smallest absolute Gasteiger partial charge is 0.471 e. The van der Waals surface area contributed by atoms with Crippen LogP contribution in [0, 0.1) is 0 Å². The number of amides is 1. The van der Waals surface area contributed by atoms with E-state index in [-0.39, 0.29) is 12.2 Å². The molecule has 0 fully saturated rings. The highest BCUT2D eigenvalue weighted by molar-refractivity contribution is 6.34. The fraction of sp³-hybridized carbons (Fsp3) is 0.167. The van der Waals surface area contributed by atoms with Gasteiger partial charge in [-0.15, -0.1) is 0 Å². The van der Waals surface area contributed by atoms with E-state index in [9.17, 15) is 18.0 Å². The molecule has 0 aliphatic rings. The summed E-state index contributed by atoms with van der Waals surface area (Å²) in [5.41, 5.74) is 1.35. The van der Waals surface area contributed by atoms with E-state index in [1.165, 1.54) is 19.2 Å². The van der Waals surface area contributed by atoms with Crippen molar-refractivity contribution in [2.75, 3.05) is 12.4 Å². The summed E-state index contributed by atoms with van der Waals surface area (Å²) in [6, 6.07) is 11.1. The van der Waals surface area contributed by atoms with Gasteiger partial charge in [-0.25, -0.2) is 0 Å². The van der Waals surface area contributed by atoms with Crippen LogP contribution in [0.25, 0.3) is 0 Å². The van der Waals surface area contributed by atoms with Gasteiger partial charge < -0.3 is 14.6 Å². The molecule has 1 heterocycles. The number of hydrogen-bond acceptors (Lipinski definition) is 5. The zero-order valence-electron chi connectivity index (χ0n) is 14.4. The number of anilines is 1. The summed E-state index contributed by atoms with van der Waals surface area (Å²) < 4.78 is 46.7. The summed E-state index contributed by atoms with van der Waals surface area (Å²) in [6.45, 7) is 0. The van der Waals surface area contributed by atoms with Gasteiger partial charge in [0.05, 0.1) is 17.8 Å². The van der Waals surface area contributed by atoms with Crippen molar-refractivity contribution < 1.29 is 27.2 Å². The molecular formula is C18H13ClF3N3O3. The lowest BCUT2D eigenvalue weighted by Crippen LogP contribution is -2.12. The van der Waals surface area contributed by atoms with Crippen molar-refractivity contribution >= 4 is 23.2 Å². The second kappa shape index (κ2) is 7.89. The number of alkyl halides is 3. The molecule has 1 amide bonds. The third-order valence-corrected chi connectivity index (χ3v) is 4.04. The maximum absolute atomic E-state index is 12.5. The fourth-order valence-electron chi connectivity index (χ4n) is 2.32. The first-order chi connectivity index (χ1) is 13.3. The van der Waals surface area contributed by atoms with Crippen molar-refractivity contribution in [1.82, 2.24) is 10.1 Å². The van der Waals surface area contributed by atoms with E-state index in [0.717, 1.165) is 0 Å². The minimum atomic E-state index is -4.69. The number of halogens is 4. The van der Waals surface area contributed by atoms with E-state index in [1.807, 2.05) is 0 Å². The fourth-order valence-corrected chi connectivity index (χ4v) is 2.48. The Kier molecular flexibility index (Phi) is 5.55. The number of nitrogens with zero attached hydrogens (tertiary/aromatic N) is 2. The van der Waals surface area contributed by atoms with Crippen LogP contribution >= 0.6 is 11.6 Å². The summed E-state index contributed by atoms with van der Waals surface area (Å²) in [7, 11) is 1.49. The Morgan fingerprint density at radius 2 is 1.93 bits per heavy atom. The molecule has 146 valence electrons. The lowest BCUT2D eigenvalue weighted by molar-refractivity contribution is -0.159. The molecule has 0 saturated heterocycles. The molecule has 1 aromatic heterocycles. The monoisotopic (exact) mass is 411 g/mol. The molecule has 0 radical (unpaired) electrons. The number of hydrogen-bond donors (Lipinski definition) is 1. The maximum atomic E-state index is 12.5. The number of ether oxygens (including phenoxy) is 1. The highest BCUT2D eigenvalue weighted by Gasteiger charge is 2.38. The summed E-state index contributed by atoms with van der Waals surface area (Å²) in [5, 5.41) is 6.33. The first kappa shape index (κ1) is 19.7.